The Bertz CT molecular complexity index is 1310. The molecule has 0 aliphatic rings. The lowest BCUT2D eigenvalue weighted by Crippen LogP contribution is -2.35. The van der Waals surface area contributed by atoms with E-state index in [9.17, 15) is 9.59 Å². The second-order valence-electron chi connectivity index (χ2n) is 6.30. The normalized spacial score (nSPS) is 11.4. The Kier molecular flexibility index (Phi) is 4.82. The Hall–Kier alpha value is -3.94. The van der Waals surface area contributed by atoms with Crippen molar-refractivity contribution in [1.29, 1.82) is 0 Å². The zero-order chi connectivity index (χ0) is 20.4. The first-order chi connectivity index (χ1) is 14.1. The van der Waals surface area contributed by atoms with E-state index < -0.39 is 11.1 Å². The Morgan fingerprint density at radius 1 is 1.14 bits per heavy atom. The highest BCUT2D eigenvalue weighted by Gasteiger charge is 2.11. The van der Waals surface area contributed by atoms with E-state index in [1.165, 1.54) is 4.57 Å². The summed E-state index contributed by atoms with van der Waals surface area (Å²) in [7, 11) is 1.62. The van der Waals surface area contributed by atoms with Crippen LogP contribution in [0.15, 0.2) is 56.6 Å². The van der Waals surface area contributed by atoms with Gasteiger partial charge in [0.05, 0.1) is 18.1 Å². The van der Waals surface area contributed by atoms with Gasteiger partial charge in [-0.25, -0.2) is 0 Å². The molecule has 0 radical (unpaired) electrons. The molecule has 29 heavy (non-hydrogen) atoms. The molecule has 1 N–H and O–H groups in total. The molecule has 0 atom stereocenters. The van der Waals surface area contributed by atoms with Gasteiger partial charge in [-0.3, -0.25) is 9.59 Å². The number of methoxy groups -OCH3 is 1. The predicted octanol–water partition coefficient (Wildman–Crippen LogP) is 2.94. The predicted molar refractivity (Wildman–Crippen MR) is 110 cm³/mol. The van der Waals surface area contributed by atoms with Crippen molar-refractivity contribution in [3.05, 3.63) is 74.6 Å². The van der Waals surface area contributed by atoms with Gasteiger partial charge in [-0.05, 0) is 48.9 Å². The number of fused-ring (bicyclic) bond motifs is 1. The largest absolute Gasteiger partial charge is 0.497 e. The molecule has 146 valence electrons. The van der Waals surface area contributed by atoms with Crippen LogP contribution in [0.5, 0.6) is 5.75 Å². The summed E-state index contributed by atoms with van der Waals surface area (Å²) in [4.78, 5) is 30.8. The molecule has 8 nitrogen and oxygen atoms in total. The number of nitrogens with zero attached hydrogens (tertiary/aromatic N) is 3. The lowest BCUT2D eigenvalue weighted by molar-refractivity contribution is 0.411. The van der Waals surface area contributed by atoms with E-state index in [2.05, 4.69) is 15.1 Å². The summed E-state index contributed by atoms with van der Waals surface area (Å²) in [6.07, 6.45) is 3.57. The Balaban J connectivity index is 1.64. The zero-order valence-corrected chi connectivity index (χ0v) is 15.9. The second kappa shape index (κ2) is 7.59. The molecule has 0 bridgehead atoms. The number of hydrogen-bond donors (Lipinski definition) is 1. The fourth-order valence-electron chi connectivity index (χ4n) is 3.04. The van der Waals surface area contributed by atoms with Gasteiger partial charge in [0.1, 0.15) is 5.75 Å². The second-order valence-corrected chi connectivity index (χ2v) is 6.30. The van der Waals surface area contributed by atoms with Gasteiger partial charge < -0.3 is 18.8 Å². The maximum Gasteiger partial charge on any atom is 0.316 e. The maximum atomic E-state index is 12.0. The van der Waals surface area contributed by atoms with Gasteiger partial charge in [-0.15, -0.1) is 0 Å². The molecule has 4 rings (SSSR count). The van der Waals surface area contributed by atoms with Crippen LogP contribution in [0.2, 0.25) is 0 Å². The fraction of sp³-hybridized carbons (Fsp3) is 0.143. The summed E-state index contributed by atoms with van der Waals surface area (Å²) < 4.78 is 11.9. The number of aryl methyl sites for hydroxylation is 1. The third kappa shape index (κ3) is 3.60. The van der Waals surface area contributed by atoms with Gasteiger partial charge in [0.25, 0.3) is 5.89 Å². The van der Waals surface area contributed by atoms with Crippen LogP contribution < -0.4 is 15.9 Å². The van der Waals surface area contributed by atoms with Crippen LogP contribution in [0.1, 0.15) is 18.4 Å². The van der Waals surface area contributed by atoms with Crippen LogP contribution in [0, 0.1) is 0 Å². The van der Waals surface area contributed by atoms with Crippen LogP contribution >= 0.6 is 0 Å². The quantitative estimate of drug-likeness (QED) is 0.526. The molecule has 0 unspecified atom stereocenters. The van der Waals surface area contributed by atoms with Crippen molar-refractivity contribution in [3.63, 3.8) is 0 Å². The van der Waals surface area contributed by atoms with E-state index in [0.717, 1.165) is 11.3 Å². The van der Waals surface area contributed by atoms with Crippen molar-refractivity contribution in [1.82, 2.24) is 19.7 Å². The van der Waals surface area contributed by atoms with Crippen LogP contribution in [0.25, 0.3) is 34.6 Å². The standard InChI is InChI=1S/C21H18N4O4/c1-3-25-17-10-7-14(12-16(17)22-20(26)21(25)27)19-23-18(29-24-19)11-6-13-4-8-15(28-2)9-5-13/h4-12H,3H2,1-2H3,(H,22,26)/b11-6+. The summed E-state index contributed by atoms with van der Waals surface area (Å²) >= 11 is 0. The van der Waals surface area contributed by atoms with Crippen LogP contribution in [0.4, 0.5) is 0 Å². The van der Waals surface area contributed by atoms with E-state index >= 15 is 0 Å². The number of H-pyrrole nitrogens is 1. The third-order valence-corrected chi connectivity index (χ3v) is 4.53. The first-order valence-corrected chi connectivity index (χ1v) is 9.02. The first kappa shape index (κ1) is 18.4. The van der Waals surface area contributed by atoms with E-state index in [-0.39, 0.29) is 0 Å². The van der Waals surface area contributed by atoms with Gasteiger partial charge in [-0.2, -0.15) is 4.98 Å². The molecular weight excluding hydrogens is 372 g/mol. The highest BCUT2D eigenvalue weighted by atomic mass is 16.5. The Morgan fingerprint density at radius 3 is 2.66 bits per heavy atom. The minimum absolute atomic E-state index is 0.350. The van der Waals surface area contributed by atoms with Crippen molar-refractivity contribution in [2.24, 2.45) is 0 Å². The summed E-state index contributed by atoms with van der Waals surface area (Å²) in [6.45, 7) is 2.22. The molecule has 2 aromatic heterocycles. The van der Waals surface area contributed by atoms with Crippen molar-refractivity contribution < 1.29 is 9.26 Å². The molecule has 0 spiro atoms. The van der Waals surface area contributed by atoms with E-state index in [4.69, 9.17) is 9.26 Å². The van der Waals surface area contributed by atoms with Gasteiger partial charge >= 0.3 is 11.1 Å². The molecule has 8 heteroatoms. The third-order valence-electron chi connectivity index (χ3n) is 4.53. The fourth-order valence-corrected chi connectivity index (χ4v) is 3.04. The highest BCUT2D eigenvalue weighted by molar-refractivity contribution is 5.80. The highest BCUT2D eigenvalue weighted by Crippen LogP contribution is 2.21. The summed E-state index contributed by atoms with van der Waals surface area (Å²) in [5.74, 6) is 1.52. The monoisotopic (exact) mass is 390 g/mol. The maximum absolute atomic E-state index is 12.0. The van der Waals surface area contributed by atoms with Gasteiger partial charge in [0.2, 0.25) is 5.82 Å². The number of nitrogens with one attached hydrogen (secondary N) is 1. The number of aromatic nitrogens is 4. The smallest absolute Gasteiger partial charge is 0.316 e. The minimum atomic E-state index is -0.660. The average molecular weight is 390 g/mol. The van der Waals surface area contributed by atoms with Crippen LogP contribution in [-0.2, 0) is 6.54 Å². The molecule has 0 amide bonds. The minimum Gasteiger partial charge on any atom is -0.497 e. The lowest BCUT2D eigenvalue weighted by Gasteiger charge is -2.07. The molecule has 2 heterocycles. The molecule has 0 saturated carbocycles. The molecular formula is C21H18N4O4. The number of ether oxygens (including phenoxy) is 1. The van der Waals surface area contributed by atoms with Crippen molar-refractivity contribution in [3.8, 4) is 17.1 Å². The SMILES string of the molecule is CCn1c(=O)c(=O)[nH]c2cc(-c3noc(/C=C/c4ccc(OC)cc4)n3)ccc21. The first-order valence-electron chi connectivity index (χ1n) is 9.02. The molecule has 0 fully saturated rings. The van der Waals surface area contributed by atoms with Gasteiger partial charge in [0.15, 0.2) is 0 Å². The summed E-state index contributed by atoms with van der Waals surface area (Å²) in [5.41, 5.74) is 1.58. The van der Waals surface area contributed by atoms with Gasteiger partial charge in [-0.1, -0.05) is 17.3 Å². The Morgan fingerprint density at radius 2 is 1.93 bits per heavy atom. The Labute approximate surface area is 165 Å². The van der Waals surface area contributed by atoms with E-state index in [0.29, 0.717) is 34.9 Å². The molecule has 4 aromatic rings. The number of benzene rings is 2. The van der Waals surface area contributed by atoms with Gasteiger partial charge in [0, 0.05) is 18.2 Å². The number of rotatable bonds is 5. The molecule has 0 saturated heterocycles. The number of hydrogen-bond acceptors (Lipinski definition) is 6. The van der Waals surface area contributed by atoms with Crippen molar-refractivity contribution in [2.45, 2.75) is 13.5 Å². The number of aromatic amines is 1. The molecule has 2 aromatic carbocycles. The van der Waals surface area contributed by atoms with E-state index in [1.807, 2.05) is 37.3 Å². The average Bonchev–Trinajstić information content (AvgIpc) is 3.22. The summed E-state index contributed by atoms with van der Waals surface area (Å²) in [6, 6.07) is 12.8. The van der Waals surface area contributed by atoms with Crippen molar-refractivity contribution in [2.75, 3.05) is 7.11 Å². The lowest BCUT2D eigenvalue weighted by atomic mass is 10.2. The van der Waals surface area contributed by atoms with Crippen LogP contribution in [0.3, 0.4) is 0 Å². The van der Waals surface area contributed by atoms with Crippen LogP contribution in [-0.4, -0.2) is 26.8 Å². The molecule has 0 aliphatic carbocycles. The topological polar surface area (TPSA) is 103 Å². The molecule has 0 aliphatic heterocycles. The van der Waals surface area contributed by atoms with E-state index in [1.54, 1.807) is 31.4 Å². The summed E-state index contributed by atoms with van der Waals surface area (Å²) in [5, 5.41) is 4.00. The zero-order valence-electron chi connectivity index (χ0n) is 15.9. The van der Waals surface area contributed by atoms with Crippen molar-refractivity contribution >= 4 is 23.2 Å².